The Hall–Kier alpha value is -1.53. The summed E-state index contributed by atoms with van der Waals surface area (Å²) in [5.74, 6) is 1.11. The molecule has 0 radical (unpaired) electrons. The fourth-order valence-corrected chi connectivity index (χ4v) is 4.32. The maximum Gasteiger partial charge on any atom is 0.333 e. The lowest BCUT2D eigenvalue weighted by molar-refractivity contribution is 0.00778. The molecule has 2 saturated carbocycles. The van der Waals surface area contributed by atoms with Crippen LogP contribution >= 0.6 is 0 Å². The third kappa shape index (κ3) is 5.98. The molecule has 0 saturated heterocycles. The van der Waals surface area contributed by atoms with E-state index in [4.69, 9.17) is 5.14 Å². The van der Waals surface area contributed by atoms with Crippen molar-refractivity contribution in [3.8, 4) is 0 Å². The number of nitrogens with two attached hydrogens (primary N) is 1. The summed E-state index contributed by atoms with van der Waals surface area (Å²) >= 11 is 0. The van der Waals surface area contributed by atoms with Crippen LogP contribution < -0.4 is 15.8 Å². The second kappa shape index (κ2) is 9.31. The summed E-state index contributed by atoms with van der Waals surface area (Å²) in [7, 11) is -4.09. The van der Waals surface area contributed by atoms with E-state index in [1.807, 2.05) is 0 Å². The van der Waals surface area contributed by atoms with Crippen LogP contribution in [-0.4, -0.2) is 60.0 Å². The van der Waals surface area contributed by atoms with E-state index >= 15 is 0 Å². The molecule has 0 amide bonds. The van der Waals surface area contributed by atoms with E-state index < -0.39 is 34.5 Å². The number of nitrogens with zero attached hydrogens (tertiary/aromatic N) is 2. The molecule has 2 fully saturated rings. The summed E-state index contributed by atoms with van der Waals surface area (Å²) in [5, 5.41) is 31.6. The minimum absolute atomic E-state index is 0.285. The Labute approximate surface area is 165 Å². The van der Waals surface area contributed by atoms with Crippen molar-refractivity contribution in [3.05, 3.63) is 12.3 Å². The first-order chi connectivity index (χ1) is 13.3. The third-order valence-corrected chi connectivity index (χ3v) is 5.98. The lowest BCUT2D eigenvalue weighted by Gasteiger charge is -2.22. The Morgan fingerprint density at radius 1 is 1.21 bits per heavy atom. The van der Waals surface area contributed by atoms with Crippen LogP contribution in [0.25, 0.3) is 0 Å². The van der Waals surface area contributed by atoms with Gasteiger partial charge in [0.05, 0.1) is 18.8 Å². The van der Waals surface area contributed by atoms with Crippen LogP contribution in [0.2, 0.25) is 0 Å². The molecule has 0 bridgehead atoms. The number of rotatable bonds is 8. The zero-order valence-electron chi connectivity index (χ0n) is 15.7. The number of aromatic nitrogens is 2. The monoisotopic (exact) mass is 415 g/mol. The molecule has 0 unspecified atom stereocenters. The molecule has 4 atom stereocenters. The van der Waals surface area contributed by atoms with E-state index in [1.165, 1.54) is 32.1 Å². The number of aliphatic hydroxyl groups excluding tert-OH is 2. The predicted octanol–water partition coefficient (Wildman–Crippen LogP) is 0.211. The molecule has 1 aromatic heterocycles. The minimum atomic E-state index is -4.09. The number of aliphatic hydroxyl groups is 2. The highest BCUT2D eigenvalue weighted by molar-refractivity contribution is 7.84. The van der Waals surface area contributed by atoms with Crippen LogP contribution in [0.3, 0.4) is 0 Å². The molecule has 2 aliphatic rings. The average molecular weight is 416 g/mol. The molecule has 0 aromatic carbocycles. The van der Waals surface area contributed by atoms with Crippen LogP contribution in [0.15, 0.2) is 12.3 Å². The van der Waals surface area contributed by atoms with Gasteiger partial charge in [0.1, 0.15) is 11.9 Å². The molecule has 11 heteroatoms. The summed E-state index contributed by atoms with van der Waals surface area (Å²) in [4.78, 5) is 8.65. The summed E-state index contributed by atoms with van der Waals surface area (Å²) in [5.41, 5.74) is 0. The van der Waals surface area contributed by atoms with Gasteiger partial charge in [-0.05, 0) is 31.2 Å². The van der Waals surface area contributed by atoms with E-state index in [-0.39, 0.29) is 6.61 Å². The molecule has 28 heavy (non-hydrogen) atoms. The van der Waals surface area contributed by atoms with Crippen LogP contribution in [0.1, 0.15) is 38.5 Å². The lowest BCUT2D eigenvalue weighted by Crippen LogP contribution is -2.36. The molecular weight excluding hydrogens is 386 g/mol. The highest BCUT2D eigenvalue weighted by atomic mass is 32.2. The Morgan fingerprint density at radius 2 is 1.96 bits per heavy atom. The normalized spacial score (nSPS) is 29.0. The van der Waals surface area contributed by atoms with E-state index in [1.54, 1.807) is 12.3 Å². The van der Waals surface area contributed by atoms with E-state index in [2.05, 4.69) is 24.8 Å². The van der Waals surface area contributed by atoms with Crippen molar-refractivity contribution in [3.63, 3.8) is 0 Å². The number of hydrogen-bond donors (Lipinski definition) is 5. The maximum absolute atomic E-state index is 10.9. The van der Waals surface area contributed by atoms with Crippen LogP contribution in [0.5, 0.6) is 0 Å². The summed E-state index contributed by atoms with van der Waals surface area (Å²) in [6.45, 7) is 0.550. The van der Waals surface area contributed by atoms with Gasteiger partial charge in [0.25, 0.3) is 0 Å². The van der Waals surface area contributed by atoms with Gasteiger partial charge in [-0.25, -0.2) is 10.1 Å². The topological polar surface area (TPSA) is 160 Å². The lowest BCUT2D eigenvalue weighted by atomic mass is 9.89. The van der Waals surface area contributed by atoms with Gasteiger partial charge in [0.2, 0.25) is 5.95 Å². The standard InChI is InChI=1S/C17H29N5O5S/c18-28(25,26)27-10-12-8-13(16(24)15(12)23)21-14-6-7-19-17(22-14)20-9-11-4-2-1-3-5-11/h6-7,11-13,15-16,23-24H,1-5,8-10H2,(H2,18,25,26)(H2,19,20,21,22)/t12-,13-,15-,16+/m1/s1. The molecule has 158 valence electrons. The summed E-state index contributed by atoms with van der Waals surface area (Å²) in [6.07, 6.45) is 6.03. The molecular formula is C17H29N5O5S. The molecule has 1 heterocycles. The highest BCUT2D eigenvalue weighted by Crippen LogP contribution is 2.29. The van der Waals surface area contributed by atoms with Gasteiger partial charge in [-0.3, -0.25) is 4.18 Å². The molecule has 6 N–H and O–H groups in total. The van der Waals surface area contributed by atoms with Gasteiger partial charge in [-0.2, -0.15) is 13.4 Å². The van der Waals surface area contributed by atoms with Crippen molar-refractivity contribution in [2.45, 2.75) is 56.8 Å². The van der Waals surface area contributed by atoms with Crippen LogP contribution in [0, 0.1) is 11.8 Å². The van der Waals surface area contributed by atoms with E-state index in [9.17, 15) is 18.6 Å². The molecule has 10 nitrogen and oxygen atoms in total. The minimum Gasteiger partial charge on any atom is -0.390 e. The molecule has 0 spiro atoms. The van der Waals surface area contributed by atoms with Gasteiger partial charge in [-0.1, -0.05) is 19.3 Å². The largest absolute Gasteiger partial charge is 0.390 e. The smallest absolute Gasteiger partial charge is 0.333 e. The van der Waals surface area contributed by atoms with Gasteiger partial charge >= 0.3 is 10.3 Å². The van der Waals surface area contributed by atoms with Crippen molar-refractivity contribution in [1.29, 1.82) is 0 Å². The van der Waals surface area contributed by atoms with Crippen molar-refractivity contribution in [2.75, 3.05) is 23.8 Å². The maximum atomic E-state index is 10.9. The highest BCUT2D eigenvalue weighted by Gasteiger charge is 2.42. The van der Waals surface area contributed by atoms with E-state index in [0.717, 1.165) is 6.54 Å². The first-order valence-corrected chi connectivity index (χ1v) is 11.2. The first kappa shape index (κ1) is 21.2. The molecule has 3 rings (SSSR count). The quantitative estimate of drug-likeness (QED) is 0.400. The Balaban J connectivity index is 1.54. The van der Waals surface area contributed by atoms with Crippen LogP contribution in [0.4, 0.5) is 11.8 Å². The number of hydrogen-bond acceptors (Lipinski definition) is 9. The van der Waals surface area contributed by atoms with Gasteiger partial charge < -0.3 is 20.8 Å². The van der Waals surface area contributed by atoms with E-state index in [0.29, 0.717) is 24.1 Å². The van der Waals surface area contributed by atoms with Gasteiger partial charge in [0.15, 0.2) is 0 Å². The Morgan fingerprint density at radius 3 is 2.68 bits per heavy atom. The Kier molecular flexibility index (Phi) is 7.05. The average Bonchev–Trinajstić information content (AvgIpc) is 2.93. The first-order valence-electron chi connectivity index (χ1n) is 9.68. The van der Waals surface area contributed by atoms with Gasteiger partial charge in [-0.15, -0.1) is 0 Å². The van der Waals surface area contributed by atoms with Crippen LogP contribution in [-0.2, 0) is 14.5 Å². The molecule has 0 aliphatic heterocycles. The Bertz CT molecular complexity index is 743. The SMILES string of the molecule is NS(=O)(=O)OC[C@H]1C[C@@H](Nc2ccnc(NCC3CCCCC3)n2)[C@H](O)[C@@H]1O. The summed E-state index contributed by atoms with van der Waals surface area (Å²) in [6, 6.07) is 1.18. The van der Waals surface area contributed by atoms with Crippen molar-refractivity contribution < 1.29 is 22.8 Å². The second-order valence-corrected chi connectivity index (χ2v) is 8.88. The molecule has 2 aliphatic carbocycles. The third-order valence-electron chi connectivity index (χ3n) is 5.51. The van der Waals surface area contributed by atoms with Crippen molar-refractivity contribution in [1.82, 2.24) is 9.97 Å². The number of nitrogens with one attached hydrogen (secondary N) is 2. The fourth-order valence-electron chi connectivity index (χ4n) is 3.96. The summed E-state index contributed by atoms with van der Waals surface area (Å²) < 4.78 is 26.4. The second-order valence-electron chi connectivity index (χ2n) is 7.66. The predicted molar refractivity (Wildman–Crippen MR) is 104 cm³/mol. The molecule has 1 aromatic rings. The zero-order valence-corrected chi connectivity index (χ0v) is 16.5. The van der Waals surface area contributed by atoms with Crippen molar-refractivity contribution in [2.24, 2.45) is 17.0 Å². The number of anilines is 2. The van der Waals surface area contributed by atoms with Gasteiger partial charge in [0, 0.05) is 18.7 Å². The fraction of sp³-hybridized carbons (Fsp3) is 0.765. The van der Waals surface area contributed by atoms with Crippen molar-refractivity contribution >= 4 is 22.1 Å². The zero-order chi connectivity index (χ0) is 20.1.